The second-order valence-electron chi connectivity index (χ2n) is 19.2. The summed E-state index contributed by atoms with van der Waals surface area (Å²) >= 11 is 0. The van der Waals surface area contributed by atoms with E-state index in [9.17, 15) is 9.59 Å². The minimum Gasteiger partial charge on any atom is -0.462 e. The van der Waals surface area contributed by atoms with E-state index >= 15 is 0 Å². The first-order valence-corrected chi connectivity index (χ1v) is 28.8. The molecule has 0 aromatic rings. The summed E-state index contributed by atoms with van der Waals surface area (Å²) in [6.07, 6.45) is 72.4. The van der Waals surface area contributed by atoms with Gasteiger partial charge in [0.05, 0.1) is 6.61 Å². The van der Waals surface area contributed by atoms with E-state index in [0.717, 1.165) is 64.2 Å². The molecule has 0 rings (SSSR count). The fourth-order valence-electron chi connectivity index (χ4n) is 8.16. The van der Waals surface area contributed by atoms with Gasteiger partial charge in [-0.25, -0.2) is 0 Å². The minimum absolute atomic E-state index is 0.0768. The van der Waals surface area contributed by atoms with Crippen LogP contribution in [0.5, 0.6) is 0 Å². The highest BCUT2D eigenvalue weighted by molar-refractivity contribution is 5.70. The monoisotopic (exact) mass is 923 g/mol. The molecule has 5 heteroatoms. The van der Waals surface area contributed by atoms with Gasteiger partial charge in [-0.3, -0.25) is 9.59 Å². The van der Waals surface area contributed by atoms with Gasteiger partial charge < -0.3 is 14.2 Å². The molecular weight excluding hydrogens is 813 g/mol. The fourth-order valence-corrected chi connectivity index (χ4v) is 8.16. The summed E-state index contributed by atoms with van der Waals surface area (Å²) in [6, 6.07) is 0. The Morgan fingerprint density at radius 3 is 1.11 bits per heavy atom. The van der Waals surface area contributed by atoms with Gasteiger partial charge in [-0.15, -0.1) is 0 Å². The van der Waals surface area contributed by atoms with Gasteiger partial charge in [0.15, 0.2) is 6.10 Å². The normalized spacial score (nSPS) is 12.6. The van der Waals surface area contributed by atoms with Gasteiger partial charge in [0.25, 0.3) is 0 Å². The number of rotatable bonds is 53. The van der Waals surface area contributed by atoms with Crippen LogP contribution in [0.1, 0.15) is 290 Å². The number of carbonyl (C=O) groups excluding carboxylic acids is 2. The van der Waals surface area contributed by atoms with Crippen molar-refractivity contribution in [3.63, 3.8) is 0 Å². The molecule has 384 valence electrons. The molecule has 0 amide bonds. The maximum absolute atomic E-state index is 12.8. The number of esters is 2. The Balaban J connectivity index is 4.25. The quantitative estimate of drug-likeness (QED) is 0.0346. The molecule has 0 aliphatic heterocycles. The van der Waals surface area contributed by atoms with Crippen LogP contribution in [0, 0.1) is 0 Å². The molecule has 1 atom stereocenters. The first-order valence-electron chi connectivity index (χ1n) is 28.8. The molecule has 0 aromatic carbocycles. The summed E-state index contributed by atoms with van der Waals surface area (Å²) in [7, 11) is 0. The number of ether oxygens (including phenoxy) is 3. The molecule has 1 unspecified atom stereocenters. The fraction of sp³-hybridized carbons (Fsp3) is 0.803. The van der Waals surface area contributed by atoms with Crippen LogP contribution in [0.4, 0.5) is 0 Å². The molecule has 0 aliphatic rings. The average Bonchev–Trinajstić information content (AvgIpc) is 3.32. The van der Waals surface area contributed by atoms with Crippen LogP contribution in [0.15, 0.2) is 60.8 Å². The van der Waals surface area contributed by atoms with E-state index in [0.29, 0.717) is 19.4 Å². The lowest BCUT2D eigenvalue weighted by molar-refractivity contribution is -0.163. The third kappa shape index (κ3) is 54.2. The van der Waals surface area contributed by atoms with Crippen molar-refractivity contribution >= 4 is 11.9 Å². The van der Waals surface area contributed by atoms with Crippen LogP contribution in [0.25, 0.3) is 0 Å². The summed E-state index contributed by atoms with van der Waals surface area (Å²) in [5.74, 6) is -0.410. The highest BCUT2D eigenvalue weighted by atomic mass is 16.6. The van der Waals surface area contributed by atoms with E-state index in [1.807, 2.05) is 0 Å². The van der Waals surface area contributed by atoms with Crippen molar-refractivity contribution < 1.29 is 23.8 Å². The standard InChI is InChI=1S/C61H110O5/c1-4-7-10-13-16-19-22-25-27-29-31-32-34-37-39-42-45-48-51-54-60(62)65-58-59(66-61(63)55-52-49-46-43-40-36-24-21-18-15-12-9-6-3)57-64-56-53-50-47-44-41-38-35-33-30-28-26-23-20-17-14-11-8-5-2/h12,15-16,19,21,24-28,59H,4-11,13-14,17-18,20,22-23,29-58H2,1-3H3/b15-12-,19-16-,24-21-,27-25-,28-26-. The maximum Gasteiger partial charge on any atom is 0.306 e. The highest BCUT2D eigenvalue weighted by Crippen LogP contribution is 2.15. The lowest BCUT2D eigenvalue weighted by Gasteiger charge is -2.18. The topological polar surface area (TPSA) is 61.8 Å². The first kappa shape index (κ1) is 63.6. The van der Waals surface area contributed by atoms with Crippen LogP contribution >= 0.6 is 0 Å². The second kappa shape index (κ2) is 56.9. The van der Waals surface area contributed by atoms with Gasteiger partial charge in [-0.2, -0.15) is 0 Å². The van der Waals surface area contributed by atoms with E-state index in [4.69, 9.17) is 14.2 Å². The van der Waals surface area contributed by atoms with Crippen molar-refractivity contribution in [2.75, 3.05) is 19.8 Å². The molecular formula is C61H110O5. The summed E-state index contributed by atoms with van der Waals surface area (Å²) < 4.78 is 17.5. The van der Waals surface area contributed by atoms with Crippen molar-refractivity contribution in [3.05, 3.63) is 60.8 Å². The predicted molar refractivity (Wildman–Crippen MR) is 288 cm³/mol. The van der Waals surface area contributed by atoms with Gasteiger partial charge in [-0.1, -0.05) is 236 Å². The van der Waals surface area contributed by atoms with Gasteiger partial charge in [0.2, 0.25) is 0 Å². The van der Waals surface area contributed by atoms with Gasteiger partial charge >= 0.3 is 11.9 Å². The molecule has 0 N–H and O–H groups in total. The lowest BCUT2D eigenvalue weighted by Crippen LogP contribution is -2.30. The molecule has 0 heterocycles. The summed E-state index contributed by atoms with van der Waals surface area (Å²) in [5.41, 5.74) is 0. The number of carbonyl (C=O) groups is 2. The van der Waals surface area contributed by atoms with Crippen LogP contribution in [0.2, 0.25) is 0 Å². The Morgan fingerprint density at radius 1 is 0.333 bits per heavy atom. The molecule has 0 fully saturated rings. The molecule has 0 aromatic heterocycles. The van der Waals surface area contributed by atoms with Crippen LogP contribution < -0.4 is 0 Å². The first-order chi connectivity index (χ1) is 32.6. The summed E-state index contributed by atoms with van der Waals surface area (Å²) in [6.45, 7) is 7.75. The van der Waals surface area contributed by atoms with E-state index in [-0.39, 0.29) is 25.2 Å². The number of hydrogen-bond donors (Lipinski definition) is 0. The van der Waals surface area contributed by atoms with E-state index in [1.54, 1.807) is 0 Å². The molecule has 66 heavy (non-hydrogen) atoms. The smallest absolute Gasteiger partial charge is 0.306 e. The van der Waals surface area contributed by atoms with E-state index in [2.05, 4.69) is 81.5 Å². The van der Waals surface area contributed by atoms with Crippen molar-refractivity contribution in [2.45, 2.75) is 297 Å². The number of allylic oxidation sites excluding steroid dienone is 10. The minimum atomic E-state index is -0.547. The third-order valence-corrected chi connectivity index (χ3v) is 12.5. The number of unbranched alkanes of at least 4 members (excludes halogenated alkanes) is 32. The van der Waals surface area contributed by atoms with Crippen molar-refractivity contribution in [3.8, 4) is 0 Å². The van der Waals surface area contributed by atoms with Crippen LogP contribution in [-0.4, -0.2) is 37.9 Å². The Bertz CT molecular complexity index is 1130. The third-order valence-electron chi connectivity index (χ3n) is 12.5. The lowest BCUT2D eigenvalue weighted by atomic mass is 10.1. The Morgan fingerprint density at radius 2 is 0.667 bits per heavy atom. The molecule has 0 bridgehead atoms. The largest absolute Gasteiger partial charge is 0.462 e. The maximum atomic E-state index is 12.8. The summed E-state index contributed by atoms with van der Waals surface area (Å²) in [4.78, 5) is 25.5. The van der Waals surface area contributed by atoms with E-state index < -0.39 is 6.10 Å². The molecule has 0 saturated carbocycles. The molecule has 0 aliphatic carbocycles. The Labute approximate surface area is 411 Å². The van der Waals surface area contributed by atoms with Gasteiger partial charge in [0.1, 0.15) is 6.61 Å². The molecule has 5 nitrogen and oxygen atoms in total. The molecule has 0 radical (unpaired) electrons. The zero-order valence-corrected chi connectivity index (χ0v) is 44.2. The average molecular weight is 924 g/mol. The van der Waals surface area contributed by atoms with Crippen molar-refractivity contribution in [2.24, 2.45) is 0 Å². The molecule has 0 saturated heterocycles. The van der Waals surface area contributed by atoms with E-state index in [1.165, 1.54) is 193 Å². The number of hydrogen-bond acceptors (Lipinski definition) is 5. The molecule has 0 spiro atoms. The second-order valence-corrected chi connectivity index (χ2v) is 19.2. The Kier molecular flexibility index (Phi) is 54.9. The van der Waals surface area contributed by atoms with Gasteiger partial charge in [-0.05, 0) is 103 Å². The SMILES string of the molecule is CCC/C=C\C/C=C\CCCCCCCC(=O)OC(COCCCCCCCCCC/C=C\CCCCCCCC)COC(=O)CCCCCCCCCCC/C=C\C/C=C\CCCCC. The van der Waals surface area contributed by atoms with Gasteiger partial charge in [0, 0.05) is 19.4 Å². The highest BCUT2D eigenvalue weighted by Gasteiger charge is 2.17. The van der Waals surface area contributed by atoms with Crippen LogP contribution in [0.3, 0.4) is 0 Å². The summed E-state index contributed by atoms with van der Waals surface area (Å²) in [5, 5.41) is 0. The van der Waals surface area contributed by atoms with Crippen molar-refractivity contribution in [1.82, 2.24) is 0 Å². The predicted octanol–water partition coefficient (Wildman–Crippen LogP) is 19.7. The van der Waals surface area contributed by atoms with Crippen LogP contribution in [-0.2, 0) is 23.8 Å². The zero-order chi connectivity index (χ0) is 47.7. The Hall–Kier alpha value is -2.40. The zero-order valence-electron chi connectivity index (χ0n) is 44.2. The van der Waals surface area contributed by atoms with Crippen molar-refractivity contribution in [1.29, 1.82) is 0 Å².